The molecule has 0 spiro atoms. The fourth-order valence-corrected chi connectivity index (χ4v) is 3.42. The van der Waals surface area contributed by atoms with Crippen LogP contribution in [0.3, 0.4) is 0 Å². The third-order valence-electron chi connectivity index (χ3n) is 5.08. The van der Waals surface area contributed by atoms with Crippen molar-refractivity contribution in [1.29, 1.82) is 5.41 Å². The normalized spacial score (nSPS) is 14.2. The number of amides is 1. The standard InChI is InChI=1S/C21H25N5O4/c22-19(23)15-1-2-17(21(28)29)18(13-15)30-12-9-25-20(27)14-5-10-26(11-6-14)16-3-7-24-8-4-16/h1-4,7-8,13-14H,5-6,9-12H2,(H3,22,23)(H,25,27)(H,28,29). The second-order valence-corrected chi connectivity index (χ2v) is 7.04. The van der Waals surface area contributed by atoms with Crippen molar-refractivity contribution in [2.24, 2.45) is 11.7 Å². The van der Waals surface area contributed by atoms with Crippen molar-refractivity contribution in [2.75, 3.05) is 31.1 Å². The Kier molecular flexibility index (Phi) is 6.84. The monoisotopic (exact) mass is 411 g/mol. The molecule has 1 aliphatic rings. The summed E-state index contributed by atoms with van der Waals surface area (Å²) in [4.78, 5) is 30.0. The number of aromatic nitrogens is 1. The topological polar surface area (TPSA) is 142 Å². The van der Waals surface area contributed by atoms with Crippen molar-refractivity contribution < 1.29 is 19.4 Å². The van der Waals surface area contributed by atoms with Gasteiger partial charge in [0.05, 0.1) is 6.54 Å². The number of nitrogen functional groups attached to an aromatic ring is 1. The lowest BCUT2D eigenvalue weighted by Crippen LogP contribution is -2.41. The SMILES string of the molecule is N=C(N)c1ccc(C(=O)O)c(OCCNC(=O)C2CCN(c3ccncc3)CC2)c1. The fourth-order valence-electron chi connectivity index (χ4n) is 3.42. The van der Waals surface area contributed by atoms with E-state index in [0.717, 1.165) is 31.6 Å². The van der Waals surface area contributed by atoms with Crippen LogP contribution in [0.4, 0.5) is 5.69 Å². The molecule has 1 saturated heterocycles. The highest BCUT2D eigenvalue weighted by molar-refractivity contribution is 5.98. The van der Waals surface area contributed by atoms with Crippen LogP contribution in [0.25, 0.3) is 0 Å². The Morgan fingerprint density at radius 2 is 1.93 bits per heavy atom. The largest absolute Gasteiger partial charge is 0.491 e. The average Bonchev–Trinajstić information content (AvgIpc) is 2.77. The Morgan fingerprint density at radius 3 is 2.57 bits per heavy atom. The van der Waals surface area contributed by atoms with Crippen LogP contribution in [-0.2, 0) is 4.79 Å². The quantitative estimate of drug-likeness (QED) is 0.293. The predicted molar refractivity (Wildman–Crippen MR) is 112 cm³/mol. The van der Waals surface area contributed by atoms with Crippen LogP contribution in [-0.4, -0.2) is 54.0 Å². The molecule has 1 aliphatic heterocycles. The summed E-state index contributed by atoms with van der Waals surface area (Å²) in [7, 11) is 0. The first-order valence-corrected chi connectivity index (χ1v) is 9.73. The van der Waals surface area contributed by atoms with Gasteiger partial charge < -0.3 is 25.8 Å². The van der Waals surface area contributed by atoms with E-state index >= 15 is 0 Å². The number of carbonyl (C=O) groups excluding carboxylic acids is 1. The number of anilines is 1. The van der Waals surface area contributed by atoms with Crippen molar-refractivity contribution in [3.63, 3.8) is 0 Å². The molecule has 3 rings (SSSR count). The van der Waals surface area contributed by atoms with Crippen LogP contribution >= 0.6 is 0 Å². The first-order valence-electron chi connectivity index (χ1n) is 9.73. The van der Waals surface area contributed by atoms with Crippen LogP contribution in [0.5, 0.6) is 5.75 Å². The van der Waals surface area contributed by atoms with Crippen molar-refractivity contribution in [1.82, 2.24) is 10.3 Å². The average molecular weight is 411 g/mol. The first-order chi connectivity index (χ1) is 14.5. The summed E-state index contributed by atoms with van der Waals surface area (Å²) in [6.45, 7) is 1.98. The van der Waals surface area contributed by atoms with Crippen LogP contribution in [0, 0.1) is 11.3 Å². The number of carbonyl (C=O) groups is 2. The number of carboxylic acid groups (broad SMARTS) is 1. The predicted octanol–water partition coefficient (Wildman–Crippen LogP) is 1.48. The Hall–Kier alpha value is -3.62. The lowest BCUT2D eigenvalue weighted by molar-refractivity contribution is -0.125. The summed E-state index contributed by atoms with van der Waals surface area (Å²) < 4.78 is 5.54. The number of carboxylic acids is 1. The minimum absolute atomic E-state index is 0.0187. The summed E-state index contributed by atoms with van der Waals surface area (Å²) in [6.07, 6.45) is 5.05. The lowest BCUT2D eigenvalue weighted by Gasteiger charge is -2.32. The van der Waals surface area contributed by atoms with Crippen molar-refractivity contribution in [2.45, 2.75) is 12.8 Å². The Bertz CT molecular complexity index is 911. The maximum atomic E-state index is 12.4. The van der Waals surface area contributed by atoms with E-state index in [4.69, 9.17) is 15.9 Å². The van der Waals surface area contributed by atoms with E-state index in [1.54, 1.807) is 12.4 Å². The summed E-state index contributed by atoms with van der Waals surface area (Å²) in [5.41, 5.74) is 6.92. The number of nitrogens with two attached hydrogens (primary N) is 1. The minimum Gasteiger partial charge on any atom is -0.491 e. The number of hydrogen-bond donors (Lipinski definition) is 4. The van der Waals surface area contributed by atoms with Crippen LogP contribution in [0.1, 0.15) is 28.8 Å². The summed E-state index contributed by atoms with van der Waals surface area (Å²) in [6, 6.07) is 8.15. The summed E-state index contributed by atoms with van der Waals surface area (Å²) in [5, 5.41) is 19.6. The summed E-state index contributed by atoms with van der Waals surface area (Å²) >= 11 is 0. The molecule has 0 atom stereocenters. The second-order valence-electron chi connectivity index (χ2n) is 7.04. The van der Waals surface area contributed by atoms with Gasteiger partial charge in [0, 0.05) is 42.7 Å². The van der Waals surface area contributed by atoms with E-state index < -0.39 is 5.97 Å². The van der Waals surface area contributed by atoms with E-state index in [2.05, 4.69) is 15.2 Å². The fraction of sp³-hybridized carbons (Fsp3) is 0.333. The zero-order valence-electron chi connectivity index (χ0n) is 16.5. The van der Waals surface area contributed by atoms with Crippen LogP contribution < -0.4 is 20.7 Å². The van der Waals surface area contributed by atoms with E-state index in [-0.39, 0.29) is 42.1 Å². The van der Waals surface area contributed by atoms with Gasteiger partial charge in [-0.2, -0.15) is 0 Å². The zero-order valence-corrected chi connectivity index (χ0v) is 16.5. The van der Waals surface area contributed by atoms with E-state index in [1.807, 2.05) is 12.1 Å². The van der Waals surface area contributed by atoms with Crippen molar-refractivity contribution in [3.05, 3.63) is 53.9 Å². The maximum absolute atomic E-state index is 12.4. The van der Waals surface area contributed by atoms with Gasteiger partial charge in [0.25, 0.3) is 0 Å². The molecule has 5 N–H and O–H groups in total. The highest BCUT2D eigenvalue weighted by Gasteiger charge is 2.25. The molecular weight excluding hydrogens is 386 g/mol. The van der Waals surface area contributed by atoms with Crippen LogP contribution in [0.2, 0.25) is 0 Å². The van der Waals surface area contributed by atoms with Crippen molar-refractivity contribution >= 4 is 23.4 Å². The van der Waals surface area contributed by atoms with Gasteiger partial charge in [0.2, 0.25) is 5.91 Å². The minimum atomic E-state index is -1.13. The Morgan fingerprint density at radius 1 is 1.23 bits per heavy atom. The van der Waals surface area contributed by atoms with Gasteiger partial charge in [-0.15, -0.1) is 0 Å². The number of hydrogen-bond acceptors (Lipinski definition) is 6. The number of rotatable bonds is 8. The van der Waals surface area contributed by atoms with Gasteiger partial charge in [-0.1, -0.05) is 6.07 Å². The number of piperidine rings is 1. The molecule has 2 heterocycles. The molecule has 0 unspecified atom stereocenters. The number of ether oxygens (including phenoxy) is 1. The second kappa shape index (κ2) is 9.73. The molecule has 2 aromatic rings. The molecule has 1 aromatic heterocycles. The number of nitrogens with one attached hydrogen (secondary N) is 2. The molecular formula is C21H25N5O4. The summed E-state index contributed by atoms with van der Waals surface area (Å²) in [5.74, 6) is -1.27. The molecule has 1 amide bonds. The van der Waals surface area contributed by atoms with Gasteiger partial charge in [0.1, 0.15) is 23.8 Å². The maximum Gasteiger partial charge on any atom is 0.339 e. The lowest BCUT2D eigenvalue weighted by atomic mass is 9.95. The molecule has 0 saturated carbocycles. The molecule has 0 aliphatic carbocycles. The zero-order chi connectivity index (χ0) is 21.5. The number of nitrogens with zero attached hydrogens (tertiary/aromatic N) is 2. The van der Waals surface area contributed by atoms with Gasteiger partial charge in [-0.25, -0.2) is 4.79 Å². The molecule has 1 aromatic carbocycles. The third kappa shape index (κ3) is 5.25. The van der Waals surface area contributed by atoms with E-state index in [1.165, 1.54) is 18.2 Å². The Labute approximate surface area is 174 Å². The van der Waals surface area contributed by atoms with Gasteiger partial charge in [-0.3, -0.25) is 15.2 Å². The molecule has 0 bridgehead atoms. The number of benzene rings is 1. The van der Waals surface area contributed by atoms with Gasteiger partial charge >= 0.3 is 5.97 Å². The third-order valence-corrected chi connectivity index (χ3v) is 5.08. The van der Waals surface area contributed by atoms with E-state index in [9.17, 15) is 14.7 Å². The molecule has 0 radical (unpaired) electrons. The highest BCUT2D eigenvalue weighted by Crippen LogP contribution is 2.23. The van der Waals surface area contributed by atoms with E-state index in [0.29, 0.717) is 5.56 Å². The van der Waals surface area contributed by atoms with Gasteiger partial charge in [-0.05, 0) is 37.1 Å². The van der Waals surface area contributed by atoms with Crippen LogP contribution in [0.15, 0.2) is 42.7 Å². The molecule has 9 nitrogen and oxygen atoms in total. The molecule has 158 valence electrons. The van der Waals surface area contributed by atoms with Crippen molar-refractivity contribution in [3.8, 4) is 5.75 Å². The first kappa shape index (κ1) is 21.1. The number of aromatic carboxylic acids is 1. The molecule has 1 fully saturated rings. The smallest absolute Gasteiger partial charge is 0.339 e. The Balaban J connectivity index is 1.46. The number of amidine groups is 1. The number of pyridine rings is 1. The van der Waals surface area contributed by atoms with Gasteiger partial charge in [0.15, 0.2) is 0 Å². The molecule has 9 heteroatoms. The molecule has 30 heavy (non-hydrogen) atoms. The highest BCUT2D eigenvalue weighted by atomic mass is 16.5.